The van der Waals surface area contributed by atoms with Crippen molar-refractivity contribution in [3.05, 3.63) is 36.9 Å². The Balaban J connectivity index is 1.19. The first-order valence-corrected chi connectivity index (χ1v) is 13.9. The Kier molecular flexibility index (Phi) is 6.46. The first kappa shape index (κ1) is 26.5. The fourth-order valence-corrected chi connectivity index (χ4v) is 5.58. The number of rotatable bonds is 4. The highest BCUT2D eigenvalue weighted by Crippen LogP contribution is 2.36. The van der Waals surface area contributed by atoms with E-state index in [0.29, 0.717) is 13.1 Å². The molecule has 10 nitrogen and oxygen atoms in total. The maximum atomic E-state index is 14.7. The molecule has 1 saturated carbocycles. The van der Waals surface area contributed by atoms with Gasteiger partial charge in [0.05, 0.1) is 30.0 Å². The predicted octanol–water partition coefficient (Wildman–Crippen LogP) is 4.07. The quantitative estimate of drug-likeness (QED) is 0.482. The second-order valence-corrected chi connectivity index (χ2v) is 12.1. The van der Waals surface area contributed by atoms with Gasteiger partial charge in [0.2, 0.25) is 5.91 Å². The monoisotopic (exact) mass is 555 g/mol. The van der Waals surface area contributed by atoms with Crippen molar-refractivity contribution in [2.24, 2.45) is 5.92 Å². The molecule has 0 spiro atoms. The second-order valence-electron chi connectivity index (χ2n) is 12.1. The van der Waals surface area contributed by atoms with E-state index in [0.717, 1.165) is 53.2 Å². The van der Waals surface area contributed by atoms with Crippen LogP contribution in [0.1, 0.15) is 46.1 Å². The molecule has 1 aliphatic carbocycles. The maximum absolute atomic E-state index is 14.7. The predicted molar refractivity (Wildman–Crippen MR) is 144 cm³/mol. The van der Waals surface area contributed by atoms with Crippen molar-refractivity contribution in [1.82, 2.24) is 29.2 Å². The Morgan fingerprint density at radius 3 is 2.48 bits per heavy atom. The normalized spacial score (nSPS) is 21.6. The Morgan fingerprint density at radius 1 is 1.02 bits per heavy atom. The van der Waals surface area contributed by atoms with Crippen LogP contribution in [0.25, 0.3) is 16.6 Å². The van der Waals surface area contributed by atoms with Gasteiger partial charge in [-0.25, -0.2) is 18.1 Å². The van der Waals surface area contributed by atoms with Gasteiger partial charge in [0.25, 0.3) is 5.92 Å². The number of hydrogen-bond acceptors (Lipinski definition) is 6. The molecular weight excluding hydrogens is 520 g/mol. The average molecular weight is 556 g/mol. The van der Waals surface area contributed by atoms with Gasteiger partial charge in [-0.3, -0.25) is 9.48 Å². The highest BCUT2D eigenvalue weighted by Gasteiger charge is 2.44. The first-order chi connectivity index (χ1) is 19.0. The first-order valence-electron chi connectivity index (χ1n) is 13.9. The third-order valence-electron chi connectivity index (χ3n) is 7.69. The summed E-state index contributed by atoms with van der Waals surface area (Å²) < 4.78 is 38.0. The van der Waals surface area contributed by atoms with Crippen LogP contribution in [0, 0.1) is 5.92 Å². The average Bonchev–Trinajstić information content (AvgIpc) is 3.45. The number of piperazine rings is 1. The van der Waals surface area contributed by atoms with Crippen LogP contribution in [0.2, 0.25) is 0 Å². The Morgan fingerprint density at radius 2 is 1.77 bits per heavy atom. The van der Waals surface area contributed by atoms with Crippen LogP contribution in [0.15, 0.2) is 36.9 Å². The van der Waals surface area contributed by atoms with Crippen molar-refractivity contribution in [3.63, 3.8) is 0 Å². The molecule has 0 radical (unpaired) electrons. The van der Waals surface area contributed by atoms with E-state index >= 15 is 0 Å². The lowest BCUT2D eigenvalue weighted by atomic mass is 10.0. The SMILES string of the molecule is CC(C)(C)OC(=O)N1CC(n2cc(-c3cc4c(N5CCN(C(=O)C6CC6)CC5)ccnn4c3)cn2)CC(F)(F)C1. The zero-order valence-corrected chi connectivity index (χ0v) is 23.1. The minimum absolute atomic E-state index is 0.0876. The van der Waals surface area contributed by atoms with Crippen molar-refractivity contribution < 1.29 is 23.1 Å². The zero-order valence-electron chi connectivity index (χ0n) is 23.1. The molecule has 1 unspecified atom stereocenters. The number of hydrogen-bond donors (Lipinski definition) is 0. The fraction of sp³-hybridized carbons (Fsp3) is 0.571. The number of alkyl halides is 2. The number of aromatic nitrogens is 4. The summed E-state index contributed by atoms with van der Waals surface area (Å²) in [5, 5.41) is 8.88. The van der Waals surface area contributed by atoms with Crippen LogP contribution >= 0.6 is 0 Å². The highest BCUT2D eigenvalue weighted by molar-refractivity contribution is 5.82. The van der Waals surface area contributed by atoms with Crippen LogP contribution in [0.3, 0.4) is 0 Å². The molecule has 3 fully saturated rings. The second kappa shape index (κ2) is 9.74. The van der Waals surface area contributed by atoms with Crippen molar-refractivity contribution in [1.29, 1.82) is 0 Å². The van der Waals surface area contributed by atoms with Gasteiger partial charge >= 0.3 is 6.09 Å². The Bertz CT molecular complexity index is 1420. The maximum Gasteiger partial charge on any atom is 0.410 e. The number of ether oxygens (including phenoxy) is 1. The molecule has 0 aromatic carbocycles. The molecule has 3 aromatic heterocycles. The molecule has 5 heterocycles. The van der Waals surface area contributed by atoms with Crippen molar-refractivity contribution in [3.8, 4) is 11.1 Å². The van der Waals surface area contributed by atoms with Crippen LogP contribution in [-0.4, -0.2) is 92.0 Å². The number of carbonyl (C=O) groups excluding carboxylic acids is 2. The van der Waals surface area contributed by atoms with Crippen molar-refractivity contribution in [2.45, 2.75) is 57.6 Å². The summed E-state index contributed by atoms with van der Waals surface area (Å²) in [6, 6.07) is 3.31. The van der Waals surface area contributed by atoms with Gasteiger partial charge in [-0.1, -0.05) is 0 Å². The number of halogens is 2. The van der Waals surface area contributed by atoms with E-state index in [1.807, 2.05) is 27.7 Å². The van der Waals surface area contributed by atoms with E-state index < -0.39 is 36.6 Å². The fourth-order valence-electron chi connectivity index (χ4n) is 5.58. The van der Waals surface area contributed by atoms with Gasteiger partial charge < -0.3 is 19.4 Å². The number of piperidine rings is 1. The number of carbonyl (C=O) groups is 2. The van der Waals surface area contributed by atoms with Crippen LogP contribution in [0.5, 0.6) is 0 Å². The molecule has 6 rings (SSSR count). The highest BCUT2D eigenvalue weighted by atomic mass is 19.3. The zero-order chi connectivity index (χ0) is 28.2. The smallest absolute Gasteiger partial charge is 0.410 e. The topological polar surface area (TPSA) is 88.2 Å². The molecule has 0 bridgehead atoms. The third-order valence-corrected chi connectivity index (χ3v) is 7.69. The van der Waals surface area contributed by atoms with E-state index in [2.05, 4.69) is 15.1 Å². The number of amides is 2. The molecule has 214 valence electrons. The van der Waals surface area contributed by atoms with Crippen LogP contribution in [0.4, 0.5) is 19.3 Å². The van der Waals surface area contributed by atoms with Gasteiger partial charge in [0.1, 0.15) is 5.60 Å². The number of likely N-dealkylation sites (tertiary alicyclic amines) is 1. The molecule has 1 atom stereocenters. The van der Waals surface area contributed by atoms with Gasteiger partial charge in [-0.2, -0.15) is 10.2 Å². The minimum Gasteiger partial charge on any atom is -0.444 e. The van der Waals surface area contributed by atoms with E-state index in [1.54, 1.807) is 39.4 Å². The summed E-state index contributed by atoms with van der Waals surface area (Å²) in [7, 11) is 0. The summed E-state index contributed by atoms with van der Waals surface area (Å²) in [4.78, 5) is 30.3. The molecule has 2 aliphatic heterocycles. The Labute approximate surface area is 231 Å². The lowest BCUT2D eigenvalue weighted by Crippen LogP contribution is -2.51. The lowest BCUT2D eigenvalue weighted by molar-refractivity contribution is -0.132. The van der Waals surface area contributed by atoms with Gasteiger partial charge in [0, 0.05) is 74.8 Å². The summed E-state index contributed by atoms with van der Waals surface area (Å²) in [5.74, 6) is -2.54. The molecule has 12 heteroatoms. The van der Waals surface area contributed by atoms with Gasteiger partial charge in [-0.15, -0.1) is 0 Å². The van der Waals surface area contributed by atoms with Crippen LogP contribution < -0.4 is 4.90 Å². The molecule has 2 amide bonds. The van der Waals surface area contributed by atoms with Gasteiger partial charge in [-0.05, 0) is 45.7 Å². The number of anilines is 1. The summed E-state index contributed by atoms with van der Waals surface area (Å²) >= 11 is 0. The number of nitrogens with zero attached hydrogens (tertiary/aromatic N) is 7. The van der Waals surface area contributed by atoms with E-state index in [4.69, 9.17) is 4.74 Å². The molecular formula is C28H35F2N7O3. The van der Waals surface area contributed by atoms with Crippen molar-refractivity contribution >= 4 is 23.2 Å². The van der Waals surface area contributed by atoms with Gasteiger partial charge in [0.15, 0.2) is 0 Å². The molecule has 40 heavy (non-hydrogen) atoms. The lowest BCUT2D eigenvalue weighted by Gasteiger charge is -2.38. The largest absolute Gasteiger partial charge is 0.444 e. The summed E-state index contributed by atoms with van der Waals surface area (Å²) in [6.07, 6.45) is 7.92. The van der Waals surface area contributed by atoms with E-state index in [1.165, 1.54) is 4.68 Å². The molecule has 2 saturated heterocycles. The van der Waals surface area contributed by atoms with Crippen LogP contribution in [-0.2, 0) is 9.53 Å². The summed E-state index contributed by atoms with van der Waals surface area (Å²) in [6.45, 7) is 7.46. The molecule has 3 aliphatic rings. The molecule has 3 aromatic rings. The number of fused-ring (bicyclic) bond motifs is 1. The third kappa shape index (κ3) is 5.48. The summed E-state index contributed by atoms with van der Waals surface area (Å²) in [5.41, 5.74) is 2.82. The van der Waals surface area contributed by atoms with E-state index in [9.17, 15) is 18.4 Å². The Hall–Kier alpha value is -3.70. The van der Waals surface area contributed by atoms with E-state index in [-0.39, 0.29) is 18.4 Å². The standard InChI is InChI=1S/C28H35F2N7O3/c1-27(2,3)40-26(39)35-17-22(13-28(29,30)18-35)36-16-21(14-32-36)20-12-24-23(6-7-31-37(24)15-20)33-8-10-34(11-9-33)25(38)19-4-5-19/h6-7,12,14-16,19,22H,4-5,8-11,13,17-18H2,1-3H3. The van der Waals surface area contributed by atoms with Crippen molar-refractivity contribution in [2.75, 3.05) is 44.2 Å². The minimum atomic E-state index is -3.05. The molecule has 0 N–H and O–H groups in total.